The number of nitrogens with zero attached hydrogens (tertiary/aromatic N) is 2. The van der Waals surface area contributed by atoms with Gasteiger partial charge >= 0.3 is 0 Å². The largest absolute Gasteiger partial charge is 0.748 e. The predicted octanol–water partition coefficient (Wildman–Crippen LogP) is 7.11. The van der Waals surface area contributed by atoms with Gasteiger partial charge in [-0.15, -0.1) is 0 Å². The third-order valence-electron chi connectivity index (χ3n) is 8.53. The third-order valence-corrected chi connectivity index (χ3v) is 9.32. The van der Waals surface area contributed by atoms with E-state index < -0.39 is 10.1 Å². The second kappa shape index (κ2) is 10.3. The number of rotatable bonds is 8. The Morgan fingerprint density at radius 2 is 1.75 bits per heavy atom. The zero-order valence-corrected chi connectivity index (χ0v) is 25.3. The van der Waals surface area contributed by atoms with E-state index >= 15 is 0 Å². The maximum Gasteiger partial charge on any atom is 0.210 e. The quantitative estimate of drug-likeness (QED) is 0.219. The van der Waals surface area contributed by atoms with Crippen LogP contribution >= 0.6 is 0 Å². The average molecular weight is 557 g/mol. The fourth-order valence-corrected chi connectivity index (χ4v) is 7.14. The molecule has 0 spiro atoms. The SMILES string of the molecule is CCCN1/C(=C\C=C\C2=[N+](CCCS(=O)(=O)[O-])c3ccc4ccccc4c3C2(C)C)C(C)(C)c2cc(C)ccc21. The first-order valence-corrected chi connectivity index (χ1v) is 15.8. The van der Waals surface area contributed by atoms with Gasteiger partial charge in [0.05, 0.1) is 15.5 Å². The highest BCUT2D eigenvalue weighted by atomic mass is 32.2. The molecule has 0 bridgehead atoms. The van der Waals surface area contributed by atoms with Gasteiger partial charge in [-0.25, -0.2) is 8.42 Å². The van der Waals surface area contributed by atoms with Crippen LogP contribution in [0.2, 0.25) is 0 Å². The molecule has 0 amide bonds. The molecule has 0 N–H and O–H groups in total. The van der Waals surface area contributed by atoms with E-state index in [0.717, 1.165) is 24.4 Å². The van der Waals surface area contributed by atoms with E-state index in [-0.39, 0.29) is 23.0 Å². The maximum absolute atomic E-state index is 11.4. The molecular formula is C34H40N2O3S. The second-order valence-electron chi connectivity index (χ2n) is 12.2. The van der Waals surface area contributed by atoms with Crippen molar-refractivity contribution in [1.82, 2.24) is 0 Å². The van der Waals surface area contributed by atoms with Crippen LogP contribution in [0.25, 0.3) is 10.8 Å². The molecule has 5 nitrogen and oxygen atoms in total. The Labute approximate surface area is 239 Å². The lowest BCUT2D eigenvalue weighted by Crippen LogP contribution is -2.28. The first-order chi connectivity index (χ1) is 18.9. The zero-order chi connectivity index (χ0) is 28.9. The normalized spacial score (nSPS) is 18.8. The van der Waals surface area contributed by atoms with E-state index in [1.807, 2.05) is 0 Å². The van der Waals surface area contributed by atoms with E-state index in [2.05, 4.69) is 124 Å². The smallest absolute Gasteiger partial charge is 0.210 e. The van der Waals surface area contributed by atoms with Gasteiger partial charge in [-0.1, -0.05) is 68.8 Å². The van der Waals surface area contributed by atoms with Crippen LogP contribution in [0.3, 0.4) is 0 Å². The average Bonchev–Trinajstić information content (AvgIpc) is 3.22. The highest BCUT2D eigenvalue weighted by molar-refractivity contribution is 7.85. The molecule has 0 saturated carbocycles. The van der Waals surface area contributed by atoms with Gasteiger partial charge in [0.2, 0.25) is 5.69 Å². The third kappa shape index (κ3) is 4.92. The molecule has 40 heavy (non-hydrogen) atoms. The van der Waals surface area contributed by atoms with Gasteiger partial charge in [0, 0.05) is 53.2 Å². The van der Waals surface area contributed by atoms with E-state index in [9.17, 15) is 13.0 Å². The van der Waals surface area contributed by atoms with Crippen LogP contribution in [0.4, 0.5) is 11.4 Å². The molecule has 2 aliphatic heterocycles. The van der Waals surface area contributed by atoms with E-state index in [1.54, 1.807) is 0 Å². The van der Waals surface area contributed by atoms with Crippen LogP contribution in [0.5, 0.6) is 0 Å². The predicted molar refractivity (Wildman–Crippen MR) is 165 cm³/mol. The molecule has 0 unspecified atom stereocenters. The minimum atomic E-state index is -4.28. The molecule has 6 heteroatoms. The number of hydrogen-bond donors (Lipinski definition) is 0. The lowest BCUT2D eigenvalue weighted by molar-refractivity contribution is -0.437. The van der Waals surface area contributed by atoms with Crippen LogP contribution in [0.1, 0.15) is 64.2 Å². The molecule has 3 aromatic carbocycles. The molecule has 0 atom stereocenters. The number of benzene rings is 3. The topological polar surface area (TPSA) is 63.5 Å². The van der Waals surface area contributed by atoms with Gasteiger partial charge in [0.1, 0.15) is 6.54 Å². The molecule has 0 aliphatic carbocycles. The molecule has 210 valence electrons. The maximum atomic E-state index is 11.4. The molecule has 0 aromatic heterocycles. The summed E-state index contributed by atoms with van der Waals surface area (Å²) in [4.78, 5) is 2.45. The summed E-state index contributed by atoms with van der Waals surface area (Å²) in [6.45, 7) is 14.8. The number of anilines is 1. The lowest BCUT2D eigenvalue weighted by atomic mass is 9.79. The molecule has 2 aliphatic rings. The van der Waals surface area contributed by atoms with Gasteiger partial charge in [0.25, 0.3) is 0 Å². The van der Waals surface area contributed by atoms with Crippen molar-refractivity contribution in [2.24, 2.45) is 0 Å². The Hall–Kier alpha value is -3.22. The Bertz CT molecular complexity index is 1680. The molecule has 0 saturated heterocycles. The van der Waals surface area contributed by atoms with E-state index in [1.165, 1.54) is 38.8 Å². The van der Waals surface area contributed by atoms with Crippen molar-refractivity contribution >= 4 is 38.0 Å². The molecule has 5 rings (SSSR count). The minimum absolute atomic E-state index is 0.127. The van der Waals surface area contributed by atoms with Crippen molar-refractivity contribution in [3.8, 4) is 0 Å². The van der Waals surface area contributed by atoms with E-state index in [4.69, 9.17) is 0 Å². The van der Waals surface area contributed by atoms with Crippen molar-refractivity contribution in [2.75, 3.05) is 23.7 Å². The molecule has 0 radical (unpaired) electrons. The Balaban J connectivity index is 1.59. The Kier molecular flexibility index (Phi) is 7.30. The highest BCUT2D eigenvalue weighted by Crippen LogP contribution is 2.48. The van der Waals surface area contributed by atoms with Crippen molar-refractivity contribution in [3.05, 3.63) is 95.2 Å². The zero-order valence-electron chi connectivity index (χ0n) is 24.5. The Morgan fingerprint density at radius 1 is 1.00 bits per heavy atom. The summed E-state index contributed by atoms with van der Waals surface area (Å²) in [6, 6.07) is 19.4. The highest BCUT2D eigenvalue weighted by Gasteiger charge is 2.45. The summed E-state index contributed by atoms with van der Waals surface area (Å²) in [5.74, 6) is -0.369. The first kappa shape index (κ1) is 28.3. The number of aryl methyl sites for hydroxylation is 1. The van der Waals surface area contributed by atoms with Gasteiger partial charge in [0.15, 0.2) is 5.71 Å². The van der Waals surface area contributed by atoms with Crippen molar-refractivity contribution < 1.29 is 17.5 Å². The molecule has 2 heterocycles. The van der Waals surface area contributed by atoms with Crippen LogP contribution in [-0.4, -0.2) is 42.1 Å². The monoisotopic (exact) mass is 556 g/mol. The molecular weight excluding hydrogens is 516 g/mol. The van der Waals surface area contributed by atoms with Crippen LogP contribution < -0.4 is 4.90 Å². The van der Waals surface area contributed by atoms with Gasteiger partial charge in [-0.05, 0) is 61.7 Å². The van der Waals surface area contributed by atoms with Gasteiger partial charge in [-0.3, -0.25) is 0 Å². The lowest BCUT2D eigenvalue weighted by Gasteiger charge is -2.26. The van der Waals surface area contributed by atoms with Gasteiger partial charge in [-0.2, -0.15) is 4.58 Å². The number of allylic oxidation sites excluding steroid dienone is 4. The molecule has 0 fully saturated rings. The summed E-state index contributed by atoms with van der Waals surface area (Å²) < 4.78 is 36.4. The Morgan fingerprint density at radius 3 is 2.48 bits per heavy atom. The van der Waals surface area contributed by atoms with Crippen LogP contribution in [0.15, 0.2) is 78.5 Å². The van der Waals surface area contributed by atoms with E-state index in [0.29, 0.717) is 6.54 Å². The summed E-state index contributed by atoms with van der Waals surface area (Å²) in [6.07, 6.45) is 7.91. The summed E-state index contributed by atoms with van der Waals surface area (Å²) in [5.41, 5.74) is 8.16. The fourth-order valence-electron chi connectivity index (χ4n) is 6.66. The standard InChI is InChI=1S/C34H40N2O3S/c1-7-20-35-28-18-16-24(2)23-27(28)33(3,4)30(35)14-10-15-31-34(5,6)32-26-13-9-8-12-25(26)17-19-29(32)36(31)21-11-22-40(37,38)39/h8-10,12-19,23H,7,11,20-22H2,1-6H3. The first-order valence-electron chi connectivity index (χ1n) is 14.2. The summed E-state index contributed by atoms with van der Waals surface area (Å²) in [7, 11) is -4.28. The molecule has 3 aromatic rings. The summed E-state index contributed by atoms with van der Waals surface area (Å²) >= 11 is 0. The fraction of sp³-hybridized carbons (Fsp3) is 0.382. The second-order valence-corrected chi connectivity index (χ2v) is 13.7. The van der Waals surface area contributed by atoms with Gasteiger partial charge < -0.3 is 9.45 Å². The minimum Gasteiger partial charge on any atom is -0.748 e. The summed E-state index contributed by atoms with van der Waals surface area (Å²) in [5, 5.41) is 2.38. The van der Waals surface area contributed by atoms with Crippen molar-refractivity contribution in [2.45, 2.75) is 65.2 Å². The van der Waals surface area contributed by atoms with Crippen LogP contribution in [-0.2, 0) is 20.9 Å². The number of hydrogen-bond acceptors (Lipinski definition) is 4. The van der Waals surface area contributed by atoms with Crippen LogP contribution in [0, 0.1) is 6.92 Å². The number of fused-ring (bicyclic) bond motifs is 4. The van der Waals surface area contributed by atoms with Crippen molar-refractivity contribution in [1.29, 1.82) is 0 Å². The van der Waals surface area contributed by atoms with Crippen molar-refractivity contribution in [3.63, 3.8) is 0 Å².